The maximum absolute atomic E-state index is 13.6. The smallest absolute Gasteiger partial charge is 0.200 e. The Labute approximate surface area is 213 Å². The fourth-order valence-electron chi connectivity index (χ4n) is 4.24. The molecular weight excluding hydrogens is 487 g/mol. The molecule has 0 saturated heterocycles. The van der Waals surface area contributed by atoms with Crippen molar-refractivity contribution in [2.24, 2.45) is 0 Å². The molecule has 1 aromatic heterocycles. The molecule has 35 heavy (non-hydrogen) atoms. The number of ether oxygens (including phenoxy) is 3. The van der Waals surface area contributed by atoms with Gasteiger partial charge in [0.2, 0.25) is 5.43 Å². The molecule has 0 fully saturated rings. The minimum atomic E-state index is -0.0970. The van der Waals surface area contributed by atoms with Gasteiger partial charge in [-0.05, 0) is 54.8 Å². The Hall–Kier alpha value is -3.15. The highest BCUT2D eigenvalue weighted by atomic mass is 35.5. The number of aryl methyl sites for hydroxylation is 2. The molecular formula is C28H24Cl2O5. The van der Waals surface area contributed by atoms with Crippen molar-refractivity contribution in [2.75, 3.05) is 13.2 Å². The van der Waals surface area contributed by atoms with E-state index in [0.29, 0.717) is 69.2 Å². The van der Waals surface area contributed by atoms with E-state index in [1.54, 1.807) is 25.1 Å². The minimum absolute atomic E-state index is 0.0970. The van der Waals surface area contributed by atoms with Crippen molar-refractivity contribution in [3.05, 3.63) is 85.7 Å². The zero-order valence-electron chi connectivity index (χ0n) is 19.5. The van der Waals surface area contributed by atoms with Crippen molar-refractivity contribution in [3.8, 4) is 28.4 Å². The second kappa shape index (κ2) is 9.84. The molecule has 5 nitrogen and oxygen atoms in total. The van der Waals surface area contributed by atoms with E-state index < -0.39 is 0 Å². The topological polar surface area (TPSA) is 57.9 Å². The zero-order valence-corrected chi connectivity index (χ0v) is 21.0. The van der Waals surface area contributed by atoms with E-state index in [2.05, 4.69) is 0 Å². The molecule has 1 aliphatic rings. The molecule has 0 atom stereocenters. The summed E-state index contributed by atoms with van der Waals surface area (Å²) in [5.41, 5.74) is 3.35. The van der Waals surface area contributed by atoms with Crippen LogP contribution in [0.25, 0.3) is 22.1 Å². The van der Waals surface area contributed by atoms with E-state index in [0.717, 1.165) is 23.1 Å². The second-order valence-electron chi connectivity index (χ2n) is 8.41. The van der Waals surface area contributed by atoms with Crippen molar-refractivity contribution in [1.29, 1.82) is 0 Å². The van der Waals surface area contributed by atoms with Gasteiger partial charge in [0.15, 0.2) is 11.5 Å². The van der Waals surface area contributed by atoms with Crippen molar-refractivity contribution in [2.45, 2.75) is 33.3 Å². The van der Waals surface area contributed by atoms with E-state index in [-0.39, 0.29) is 12.0 Å². The molecule has 0 aliphatic carbocycles. The fourth-order valence-corrected chi connectivity index (χ4v) is 4.70. The van der Waals surface area contributed by atoms with Crippen LogP contribution in [0.1, 0.15) is 30.2 Å². The second-order valence-corrected chi connectivity index (χ2v) is 9.25. The van der Waals surface area contributed by atoms with Crippen LogP contribution in [0.2, 0.25) is 10.0 Å². The summed E-state index contributed by atoms with van der Waals surface area (Å²) in [6.45, 7) is 5.27. The van der Waals surface area contributed by atoms with Gasteiger partial charge in [-0.1, -0.05) is 42.3 Å². The van der Waals surface area contributed by atoms with Crippen LogP contribution in [0, 0.1) is 6.92 Å². The lowest BCUT2D eigenvalue weighted by Crippen LogP contribution is -2.09. The van der Waals surface area contributed by atoms with Gasteiger partial charge in [0, 0.05) is 28.1 Å². The maximum Gasteiger partial charge on any atom is 0.200 e. The van der Waals surface area contributed by atoms with Crippen LogP contribution in [0.5, 0.6) is 17.2 Å². The molecule has 3 aromatic carbocycles. The average Bonchev–Trinajstić information content (AvgIpc) is 3.08. The van der Waals surface area contributed by atoms with Crippen molar-refractivity contribution < 1.29 is 18.6 Å². The summed E-state index contributed by atoms with van der Waals surface area (Å²) in [7, 11) is 0. The first kappa shape index (κ1) is 23.6. The molecule has 0 spiro atoms. The van der Waals surface area contributed by atoms with Crippen LogP contribution in [0.3, 0.4) is 0 Å². The van der Waals surface area contributed by atoms with Crippen LogP contribution in [0.15, 0.2) is 57.7 Å². The van der Waals surface area contributed by atoms with E-state index in [9.17, 15) is 4.79 Å². The summed E-state index contributed by atoms with van der Waals surface area (Å²) in [6.07, 6.45) is 1.50. The van der Waals surface area contributed by atoms with Crippen molar-refractivity contribution in [1.82, 2.24) is 0 Å². The number of benzene rings is 3. The molecule has 0 radical (unpaired) electrons. The Morgan fingerprint density at radius 3 is 2.51 bits per heavy atom. The first-order valence-corrected chi connectivity index (χ1v) is 12.3. The maximum atomic E-state index is 13.6. The summed E-state index contributed by atoms with van der Waals surface area (Å²) >= 11 is 12.3. The Balaban J connectivity index is 1.54. The molecule has 5 rings (SSSR count). The lowest BCUT2D eigenvalue weighted by molar-refractivity contribution is 0.297. The van der Waals surface area contributed by atoms with E-state index >= 15 is 0 Å². The van der Waals surface area contributed by atoms with Crippen LogP contribution in [0.4, 0.5) is 0 Å². The highest BCUT2D eigenvalue weighted by molar-refractivity contribution is 6.35. The average molecular weight is 511 g/mol. The fraction of sp³-hybridized carbons (Fsp3) is 0.250. The summed E-state index contributed by atoms with van der Waals surface area (Å²) in [4.78, 5) is 13.6. The highest BCUT2D eigenvalue weighted by Gasteiger charge is 2.19. The number of halogens is 2. The molecule has 180 valence electrons. The van der Waals surface area contributed by atoms with Crippen LogP contribution in [-0.2, 0) is 13.0 Å². The largest absolute Gasteiger partial charge is 0.490 e. The lowest BCUT2D eigenvalue weighted by atomic mass is 10.0. The molecule has 0 saturated carbocycles. The van der Waals surface area contributed by atoms with Crippen LogP contribution < -0.4 is 19.6 Å². The van der Waals surface area contributed by atoms with Crippen LogP contribution in [-0.4, -0.2) is 13.2 Å². The van der Waals surface area contributed by atoms with Crippen molar-refractivity contribution in [3.63, 3.8) is 0 Å². The summed E-state index contributed by atoms with van der Waals surface area (Å²) in [5, 5.41) is 1.62. The highest BCUT2D eigenvalue weighted by Crippen LogP contribution is 2.36. The molecule has 0 bridgehead atoms. The molecule has 1 aliphatic heterocycles. The predicted octanol–water partition coefficient (Wildman–Crippen LogP) is 7.38. The van der Waals surface area contributed by atoms with Gasteiger partial charge in [0.25, 0.3) is 0 Å². The molecule has 2 heterocycles. The van der Waals surface area contributed by atoms with Gasteiger partial charge in [-0.2, -0.15) is 0 Å². The van der Waals surface area contributed by atoms with E-state index in [1.807, 2.05) is 37.3 Å². The first-order chi connectivity index (χ1) is 16.9. The number of fused-ring (bicyclic) bond motifs is 2. The normalized spacial score (nSPS) is 13.0. The van der Waals surface area contributed by atoms with Gasteiger partial charge in [-0.15, -0.1) is 0 Å². The third-order valence-electron chi connectivity index (χ3n) is 6.06. The molecule has 0 unspecified atom stereocenters. The summed E-state index contributed by atoms with van der Waals surface area (Å²) in [5.74, 6) is 2.49. The third kappa shape index (κ3) is 4.71. The monoisotopic (exact) mass is 510 g/mol. The quantitative estimate of drug-likeness (QED) is 0.280. The zero-order chi connectivity index (χ0) is 24.5. The summed E-state index contributed by atoms with van der Waals surface area (Å²) < 4.78 is 23.8. The molecule has 0 N–H and O–H groups in total. The van der Waals surface area contributed by atoms with E-state index in [1.165, 1.54) is 0 Å². The third-order valence-corrected chi connectivity index (χ3v) is 6.65. The Kier molecular flexibility index (Phi) is 6.63. The summed E-state index contributed by atoms with van der Waals surface area (Å²) in [6, 6.07) is 14.5. The Morgan fingerprint density at radius 2 is 1.74 bits per heavy atom. The van der Waals surface area contributed by atoms with Gasteiger partial charge >= 0.3 is 0 Å². The predicted molar refractivity (Wildman–Crippen MR) is 138 cm³/mol. The number of rotatable bonds is 5. The van der Waals surface area contributed by atoms with Gasteiger partial charge in [-0.25, -0.2) is 0 Å². The Morgan fingerprint density at radius 1 is 0.943 bits per heavy atom. The Bertz CT molecular complexity index is 1470. The van der Waals surface area contributed by atoms with Gasteiger partial charge in [0.1, 0.15) is 23.7 Å². The van der Waals surface area contributed by atoms with Gasteiger partial charge < -0.3 is 18.6 Å². The number of hydrogen-bond acceptors (Lipinski definition) is 5. The van der Waals surface area contributed by atoms with Gasteiger partial charge in [0.05, 0.1) is 24.2 Å². The van der Waals surface area contributed by atoms with Crippen molar-refractivity contribution >= 4 is 34.2 Å². The van der Waals surface area contributed by atoms with Crippen LogP contribution >= 0.6 is 23.2 Å². The standard InChI is InChI=1S/C28H24Cl2O5/c1-3-17-11-21-25(14-24(17)34-15-19-5-7-20(29)13-22(19)30)35-16(2)27(28(21)31)18-6-8-23-26(12-18)33-10-4-9-32-23/h5-8,11-14H,3-4,9-10,15H2,1-2H3. The number of hydrogen-bond donors (Lipinski definition) is 0. The van der Waals surface area contributed by atoms with Gasteiger partial charge in [-0.3, -0.25) is 4.79 Å². The minimum Gasteiger partial charge on any atom is -0.490 e. The molecule has 7 heteroatoms. The van der Waals surface area contributed by atoms with E-state index in [4.69, 9.17) is 41.8 Å². The lowest BCUT2D eigenvalue weighted by Gasteiger charge is -2.14. The molecule has 4 aromatic rings. The first-order valence-electron chi connectivity index (χ1n) is 11.5. The molecule has 0 amide bonds. The SMILES string of the molecule is CCc1cc2c(=O)c(-c3ccc4c(c3)OCCCO4)c(C)oc2cc1OCc1ccc(Cl)cc1Cl.